The number of carbonyl (C=O) groups excluding carboxylic acids is 2. The lowest BCUT2D eigenvalue weighted by atomic mass is 9.81. The Bertz CT molecular complexity index is 7670. The van der Waals surface area contributed by atoms with Crippen molar-refractivity contribution >= 4 is 106 Å². The van der Waals surface area contributed by atoms with Gasteiger partial charge < -0.3 is 56.1 Å². The molecule has 24 rings (SSSR count). The number of nitrogens with zero attached hydrogens (tertiary/aromatic N) is 12. The fourth-order valence-electron chi connectivity index (χ4n) is 20.5. The summed E-state index contributed by atoms with van der Waals surface area (Å²) in [5, 5.41) is 13.7. The summed E-state index contributed by atoms with van der Waals surface area (Å²) >= 11 is 0. The molecule has 4 aliphatic rings. The lowest BCUT2D eigenvalue weighted by molar-refractivity contribution is -0.146. The van der Waals surface area contributed by atoms with Gasteiger partial charge >= 0.3 is 11.9 Å². The number of hydrogen-bond donors (Lipinski definition) is 6. The van der Waals surface area contributed by atoms with Gasteiger partial charge in [-0.25, -0.2) is 39.9 Å². The molecule has 0 spiro atoms. The molecule has 4 fully saturated rings. The minimum atomic E-state index is -0.695. The normalized spacial score (nSPS) is 17.2. The number of esters is 1. The zero-order valence-corrected chi connectivity index (χ0v) is 75.5. The first-order valence-electron chi connectivity index (χ1n) is 47.1. The van der Waals surface area contributed by atoms with Gasteiger partial charge in [0, 0.05) is 120 Å². The van der Waals surface area contributed by atoms with E-state index >= 15 is 0 Å². The summed E-state index contributed by atoms with van der Waals surface area (Å²) in [4.78, 5) is 75.3. The number of carbonyl (C=O) groups is 3. The van der Waals surface area contributed by atoms with Crippen molar-refractivity contribution in [2.45, 2.75) is 120 Å². The highest BCUT2D eigenvalue weighted by molar-refractivity contribution is 5.97. The van der Waals surface area contributed by atoms with E-state index in [0.717, 1.165) is 249 Å². The molecular formula is C114H103N17O5. The van der Waals surface area contributed by atoms with Crippen molar-refractivity contribution in [1.29, 1.82) is 0 Å². The van der Waals surface area contributed by atoms with E-state index in [-0.39, 0.29) is 47.4 Å². The molecule has 0 unspecified atom stereocenters. The first kappa shape index (κ1) is 86.5. The van der Waals surface area contributed by atoms with Crippen LogP contribution >= 0.6 is 0 Å². The highest BCUT2D eigenvalue weighted by Gasteiger charge is 2.35. The van der Waals surface area contributed by atoms with E-state index in [0.29, 0.717) is 35.8 Å². The van der Waals surface area contributed by atoms with E-state index < -0.39 is 5.97 Å². The van der Waals surface area contributed by atoms with Crippen LogP contribution in [0.2, 0.25) is 0 Å². The number of carboxylic acids is 1. The van der Waals surface area contributed by atoms with Crippen LogP contribution in [0.25, 0.3) is 156 Å². The van der Waals surface area contributed by atoms with Gasteiger partial charge in [-0.05, 0) is 187 Å². The second-order valence-electron chi connectivity index (χ2n) is 36.4. The number of fused-ring (bicyclic) bond motifs is 8. The van der Waals surface area contributed by atoms with Gasteiger partial charge in [-0.15, -0.1) is 0 Å². The van der Waals surface area contributed by atoms with E-state index in [9.17, 15) is 19.5 Å². The quantitative estimate of drug-likeness (QED) is 0.0519. The predicted octanol–water partition coefficient (Wildman–Crippen LogP) is 24.0. The van der Waals surface area contributed by atoms with Crippen LogP contribution in [0.4, 0.5) is 22.7 Å². The molecule has 12 heterocycles. The maximum absolute atomic E-state index is 12.0. The lowest BCUT2D eigenvalue weighted by Crippen LogP contribution is -2.27. The number of methoxy groups -OCH3 is 1. The number of ether oxygens (including phenoxy) is 1. The van der Waals surface area contributed by atoms with Gasteiger partial charge in [-0.2, -0.15) is 0 Å². The second-order valence-corrected chi connectivity index (χ2v) is 36.4. The molecule has 1 amide bonds. The number of benzene rings is 8. The van der Waals surface area contributed by atoms with Crippen molar-refractivity contribution in [2.75, 3.05) is 30.0 Å². The van der Waals surface area contributed by atoms with Crippen LogP contribution in [0.5, 0.6) is 0 Å². The molecule has 20 aromatic rings. The maximum atomic E-state index is 12.0. The average molecular weight is 1790 g/mol. The van der Waals surface area contributed by atoms with Crippen LogP contribution in [0, 0.1) is 17.8 Å². The summed E-state index contributed by atoms with van der Waals surface area (Å²) < 4.78 is 13.5. The molecule has 4 saturated carbocycles. The summed E-state index contributed by atoms with van der Waals surface area (Å²) in [5.41, 5.74) is 57.3. The fraction of sp³-hybridized carbons (Fsp3) is 0.202. The Morgan fingerprint density at radius 1 is 0.287 bits per heavy atom. The molecule has 4 aliphatic carbocycles. The summed E-state index contributed by atoms with van der Waals surface area (Å²) in [5.74, 6) is 4.03. The zero-order valence-electron chi connectivity index (χ0n) is 75.5. The number of anilines is 4. The predicted molar refractivity (Wildman–Crippen MR) is 543 cm³/mol. The maximum Gasteiger partial charge on any atom is 0.308 e. The number of nitrogen functional groups attached to an aromatic ring is 4. The van der Waals surface area contributed by atoms with Gasteiger partial charge in [0.05, 0.1) is 131 Å². The summed E-state index contributed by atoms with van der Waals surface area (Å²) in [6.07, 6.45) is 21.6. The summed E-state index contributed by atoms with van der Waals surface area (Å²) in [6, 6.07) is 98.3. The third-order valence-corrected chi connectivity index (χ3v) is 28.1. The van der Waals surface area contributed by atoms with Crippen LogP contribution in [0.1, 0.15) is 143 Å². The first-order chi connectivity index (χ1) is 66.6. The number of imidazole rings is 4. The largest absolute Gasteiger partial charge is 0.481 e. The third kappa shape index (κ3) is 17.2. The Morgan fingerprint density at radius 3 is 0.779 bits per heavy atom. The van der Waals surface area contributed by atoms with Gasteiger partial charge in [-0.1, -0.05) is 201 Å². The van der Waals surface area contributed by atoms with Crippen molar-refractivity contribution in [2.24, 2.45) is 23.5 Å². The number of aromatic nitrogens is 12. The zero-order chi connectivity index (χ0) is 92.6. The second kappa shape index (κ2) is 37.4. The smallest absolute Gasteiger partial charge is 0.308 e. The first-order valence-corrected chi connectivity index (χ1v) is 47.1. The van der Waals surface area contributed by atoms with Gasteiger partial charge in [0.2, 0.25) is 5.91 Å². The minimum absolute atomic E-state index is 0.0209. The molecule has 12 aromatic heterocycles. The van der Waals surface area contributed by atoms with E-state index in [1.165, 1.54) is 26.4 Å². The van der Waals surface area contributed by atoms with E-state index in [1.807, 2.05) is 146 Å². The SMILES string of the molecule is COC(=O)C1CCC(c2nc(-c3ccc4ccc(-c5ccccc5)nc4c3)c3c(N)cccn23)CC1.NC(=O)C1CCC(c2nc(-c3ccc4ccc(-c5ccccc5)nc4c3)c3c(N)cccn23)CC1.Nc1cccn2c(C3CCC(C(=O)O)CC3)nc(-c3ccc4ccc(-c5ccccc5)nc4c3)c12.Nc1cccn2c(C3CCC3)nc(-c3ccc4ccc(-c5ccccc5)nc4c3)c12. The van der Waals surface area contributed by atoms with Gasteiger partial charge in [0.25, 0.3) is 0 Å². The standard InChI is InChI=1S/C30H28N4O2.C29H27N5O.C29H26N4O2.C26H22N4/c1-36-30(35)22-12-10-21(11-13-22)29-33-27(28-24(31)8-5-17-34(28)29)23-14-9-20-15-16-25(32-26(20)18-23)19-6-3-2-4-7-19;30-23-7-4-16-34-27(23)26(33-29(34)21-11-9-20(10-12-21)28(31)35)22-13-8-19-14-15-24(32-25(19)17-22)18-5-2-1-3-6-18;30-23-7-4-16-33-27(23)26(32-28(33)20-9-11-21(12-10-20)29(34)35)22-13-8-19-14-15-24(31-25(19)17-22)18-5-2-1-3-6-18;27-21-10-5-15-30-25(21)24(29-26(30)19-8-4-9-19)20-12-11-18-13-14-22(28-23(18)16-20)17-6-2-1-3-7-17/h2-9,14-18,21-22H,10-13,31H2,1H3;1-8,13-17,20-21H,9-12,30H2,(H2,31,35);1-8,13-17,20-21H,9-12,30H2,(H,34,35);1-3,5-7,10-16,19H,4,8-9,27H2. The Labute approximate surface area is 786 Å². The summed E-state index contributed by atoms with van der Waals surface area (Å²) in [6.45, 7) is 0. The Balaban J connectivity index is 0.000000109. The highest BCUT2D eigenvalue weighted by Crippen LogP contribution is 2.46. The van der Waals surface area contributed by atoms with Gasteiger partial charge in [0.15, 0.2) is 0 Å². The molecule has 11 N–H and O–H groups in total. The van der Waals surface area contributed by atoms with Crippen molar-refractivity contribution in [3.05, 3.63) is 339 Å². The van der Waals surface area contributed by atoms with Crippen LogP contribution in [-0.4, -0.2) is 87.5 Å². The molecule has 674 valence electrons. The molecule has 0 saturated heterocycles. The molecule has 22 heteroatoms. The number of pyridine rings is 8. The Morgan fingerprint density at radius 2 is 0.537 bits per heavy atom. The molecular weight excluding hydrogens is 1690 g/mol. The number of aliphatic carboxylic acids is 1. The van der Waals surface area contributed by atoms with Crippen molar-refractivity contribution in [1.82, 2.24) is 57.5 Å². The topological polar surface area (TPSA) is 332 Å². The van der Waals surface area contributed by atoms with Gasteiger partial charge in [0.1, 0.15) is 23.3 Å². The third-order valence-electron chi connectivity index (χ3n) is 28.1. The molecule has 0 aliphatic heterocycles. The minimum Gasteiger partial charge on any atom is -0.481 e. The van der Waals surface area contributed by atoms with Crippen molar-refractivity contribution < 1.29 is 24.2 Å². The van der Waals surface area contributed by atoms with E-state index in [2.05, 4.69) is 188 Å². The van der Waals surface area contributed by atoms with Crippen molar-refractivity contribution in [3.63, 3.8) is 0 Å². The number of amides is 1. The molecule has 0 atom stereocenters. The molecule has 22 nitrogen and oxygen atoms in total. The Hall–Kier alpha value is -16.2. The molecule has 0 bridgehead atoms. The van der Waals surface area contributed by atoms with E-state index in [1.54, 1.807) is 0 Å². The van der Waals surface area contributed by atoms with E-state index in [4.69, 9.17) is 73.3 Å². The number of carboxylic acid groups (broad SMARTS) is 1. The average Bonchev–Trinajstić information content (AvgIpc) is 2.12. The van der Waals surface area contributed by atoms with Crippen LogP contribution < -0.4 is 28.7 Å². The van der Waals surface area contributed by atoms with Crippen LogP contribution in [0.15, 0.2) is 316 Å². The Kier molecular flexibility index (Phi) is 23.8. The van der Waals surface area contributed by atoms with Crippen LogP contribution in [-0.2, 0) is 19.1 Å². The molecule has 136 heavy (non-hydrogen) atoms. The van der Waals surface area contributed by atoms with Crippen LogP contribution in [0.3, 0.4) is 0 Å². The van der Waals surface area contributed by atoms with Gasteiger partial charge in [-0.3, -0.25) is 14.4 Å². The number of nitrogens with two attached hydrogens (primary N) is 5. The molecule has 0 radical (unpaired) electrons. The molecule has 8 aromatic carbocycles. The van der Waals surface area contributed by atoms with Crippen molar-refractivity contribution in [3.8, 4) is 90.1 Å². The lowest BCUT2D eigenvalue weighted by Gasteiger charge is -2.26. The highest BCUT2D eigenvalue weighted by atomic mass is 16.5. The number of rotatable bonds is 15. The fourth-order valence-corrected chi connectivity index (χ4v) is 20.5. The number of primary amides is 1. The monoisotopic (exact) mass is 1790 g/mol. The number of hydrogen-bond acceptors (Lipinski definition) is 16. The summed E-state index contributed by atoms with van der Waals surface area (Å²) in [7, 11) is 1.47.